The summed E-state index contributed by atoms with van der Waals surface area (Å²) in [5, 5.41) is 10.5. The number of para-hydroxylation sites is 1. The van der Waals surface area contributed by atoms with Gasteiger partial charge in [-0.15, -0.1) is 0 Å². The third-order valence-corrected chi connectivity index (χ3v) is 6.24. The molecular weight excluding hydrogens is 431 g/mol. The van der Waals surface area contributed by atoms with E-state index in [4.69, 9.17) is 23.0 Å². The number of aliphatic hydroxyl groups is 1. The summed E-state index contributed by atoms with van der Waals surface area (Å²) >= 11 is 0. The Labute approximate surface area is 177 Å². The van der Waals surface area contributed by atoms with Crippen molar-refractivity contribution in [2.45, 2.75) is 51.1 Å². The highest BCUT2D eigenvalue weighted by molar-refractivity contribution is 7.54. The Bertz CT molecular complexity index is 1060. The number of hydrogen-bond acceptors (Lipinski definition) is 9. The zero-order valence-corrected chi connectivity index (χ0v) is 18.0. The van der Waals surface area contributed by atoms with Crippen LogP contribution in [0.1, 0.15) is 25.6 Å². The first-order valence-corrected chi connectivity index (χ1v) is 11.1. The molecule has 2 aromatic rings. The van der Waals surface area contributed by atoms with E-state index in [-0.39, 0.29) is 17.9 Å². The maximum Gasteiger partial charge on any atom is 0.429 e. The smallest absolute Gasteiger partial charge is 0.429 e. The summed E-state index contributed by atoms with van der Waals surface area (Å²) in [4.78, 5) is 39.5. The summed E-state index contributed by atoms with van der Waals surface area (Å²) in [6.07, 6.45) is -3.28. The maximum absolute atomic E-state index is 13.1. The third-order valence-electron chi connectivity index (χ3n) is 4.84. The number of hydrogen-bond donors (Lipinski definition) is 2. The number of aromatic amines is 1. The number of nitrogens with one attached hydrogen (secondary N) is 1. The minimum atomic E-state index is -4.11. The quantitative estimate of drug-likeness (QED) is 0.627. The Balaban J connectivity index is 1.65. The maximum atomic E-state index is 13.1. The zero-order chi connectivity index (χ0) is 22.4. The van der Waals surface area contributed by atoms with Crippen molar-refractivity contribution in [3.05, 3.63) is 62.9 Å². The molecule has 4 rings (SSSR count). The standard InChI is InChI=1S/C19H23N2O9P/c1-11-9-21(18(24)20-16(11)23)17-15(27-19(2,3)28-17)14-13(22)10-26-31(25,30-14)29-12-7-5-4-6-8-12/h4-9,13-15,17,22H,10H2,1-3H3,(H,20,23,24)/t13-,14-,15-,17+,31?/m1/s1. The van der Waals surface area contributed by atoms with Gasteiger partial charge in [-0.3, -0.25) is 18.9 Å². The van der Waals surface area contributed by atoms with Crippen LogP contribution in [0.2, 0.25) is 0 Å². The normalized spacial score (nSPS) is 32.7. The molecule has 0 aliphatic carbocycles. The molecule has 0 bridgehead atoms. The number of aliphatic hydroxyl groups excluding tert-OH is 1. The second-order valence-corrected chi connectivity index (χ2v) is 9.30. The fourth-order valence-electron chi connectivity index (χ4n) is 3.44. The molecule has 31 heavy (non-hydrogen) atoms. The van der Waals surface area contributed by atoms with Crippen molar-refractivity contribution in [1.29, 1.82) is 0 Å². The number of rotatable bonds is 4. The van der Waals surface area contributed by atoms with Crippen LogP contribution in [-0.2, 0) is 18.5 Å². The number of H-pyrrole nitrogens is 1. The van der Waals surface area contributed by atoms with Crippen LogP contribution in [0, 0.1) is 6.92 Å². The number of ether oxygens (including phenoxy) is 2. The second-order valence-electron chi connectivity index (χ2n) is 7.75. The number of phosphoric acid groups is 1. The van der Waals surface area contributed by atoms with E-state index in [0.29, 0.717) is 0 Å². The fourth-order valence-corrected chi connectivity index (χ4v) is 4.87. The highest BCUT2D eigenvalue weighted by Crippen LogP contribution is 2.58. The van der Waals surface area contributed by atoms with Gasteiger partial charge in [-0.05, 0) is 32.9 Å². The molecule has 168 valence electrons. The van der Waals surface area contributed by atoms with Crippen molar-refractivity contribution in [1.82, 2.24) is 9.55 Å². The van der Waals surface area contributed by atoms with Gasteiger partial charge in [0.25, 0.3) is 5.56 Å². The van der Waals surface area contributed by atoms with E-state index in [0.717, 1.165) is 4.57 Å². The predicted molar refractivity (Wildman–Crippen MR) is 106 cm³/mol. The molecule has 11 nitrogen and oxygen atoms in total. The molecule has 0 amide bonds. The lowest BCUT2D eigenvalue weighted by molar-refractivity contribution is -0.270. The van der Waals surface area contributed by atoms with Crippen LogP contribution >= 0.6 is 8.17 Å². The molecule has 1 unspecified atom stereocenters. The van der Waals surface area contributed by atoms with Crippen molar-refractivity contribution < 1.29 is 33.0 Å². The molecule has 3 heterocycles. The van der Waals surface area contributed by atoms with Crippen molar-refractivity contribution in [3.63, 3.8) is 0 Å². The molecule has 0 radical (unpaired) electrons. The number of nitrogens with zero attached hydrogens (tertiary/aromatic N) is 1. The largest absolute Gasteiger partial charge is 0.598 e. The van der Waals surface area contributed by atoms with Gasteiger partial charge in [-0.2, -0.15) is 9.05 Å². The van der Waals surface area contributed by atoms with Crippen molar-refractivity contribution in [3.8, 4) is 5.75 Å². The molecule has 1 aromatic carbocycles. The molecule has 1 aromatic heterocycles. The van der Waals surface area contributed by atoms with E-state index in [1.807, 2.05) is 0 Å². The molecule has 2 aliphatic rings. The Hall–Kier alpha value is -2.11. The van der Waals surface area contributed by atoms with Crippen LogP contribution in [0.15, 0.2) is 46.1 Å². The van der Waals surface area contributed by atoms with E-state index in [9.17, 15) is 19.6 Å². The van der Waals surface area contributed by atoms with Crippen LogP contribution in [0.5, 0.6) is 5.75 Å². The highest BCUT2D eigenvalue weighted by Gasteiger charge is 2.56. The summed E-state index contributed by atoms with van der Waals surface area (Å²) in [6.45, 7) is 4.43. The summed E-state index contributed by atoms with van der Waals surface area (Å²) in [5.41, 5.74) is -0.977. The van der Waals surface area contributed by atoms with Gasteiger partial charge in [0.2, 0.25) is 0 Å². The third kappa shape index (κ3) is 4.58. The molecule has 0 saturated carbocycles. The minimum absolute atomic E-state index is 0.258. The first-order chi connectivity index (χ1) is 14.6. The molecule has 2 N–H and O–H groups in total. The van der Waals surface area contributed by atoms with Crippen LogP contribution in [0.25, 0.3) is 0 Å². The van der Waals surface area contributed by atoms with Crippen LogP contribution in [0.4, 0.5) is 0 Å². The SMILES string of the molecule is Cc1cn([C@H]2OC(C)(C)O[C@@H]2[C@@H]2O[P+]([O-])(Oc3ccccc3)OC[C@H]2O)c(=O)[nH]c1=O. The van der Waals surface area contributed by atoms with E-state index in [1.54, 1.807) is 44.2 Å². The van der Waals surface area contributed by atoms with Gasteiger partial charge < -0.3 is 19.5 Å². The topological polar surface area (TPSA) is 144 Å². The number of phosphoric ester groups is 1. The lowest BCUT2D eigenvalue weighted by atomic mass is 10.1. The monoisotopic (exact) mass is 454 g/mol. The molecule has 2 saturated heterocycles. The van der Waals surface area contributed by atoms with Crippen molar-refractivity contribution >= 4 is 8.17 Å². The highest BCUT2D eigenvalue weighted by atomic mass is 31.2. The fraction of sp³-hybridized carbons (Fsp3) is 0.474. The van der Waals surface area contributed by atoms with Gasteiger partial charge >= 0.3 is 13.9 Å². The number of aromatic nitrogens is 2. The molecular formula is C19H23N2O9P. The second kappa shape index (κ2) is 8.10. The first kappa shape index (κ1) is 22.1. The number of aryl methyl sites for hydroxylation is 1. The molecule has 5 atom stereocenters. The summed E-state index contributed by atoms with van der Waals surface area (Å²) in [6, 6.07) is 8.30. The Morgan fingerprint density at radius 3 is 2.65 bits per heavy atom. The Morgan fingerprint density at radius 2 is 1.94 bits per heavy atom. The van der Waals surface area contributed by atoms with Crippen molar-refractivity contribution in [2.75, 3.05) is 6.61 Å². The van der Waals surface area contributed by atoms with Crippen LogP contribution in [-0.4, -0.2) is 45.4 Å². The molecule has 0 spiro atoms. The first-order valence-electron chi connectivity index (χ1n) is 9.60. The van der Waals surface area contributed by atoms with E-state index in [2.05, 4.69) is 4.98 Å². The van der Waals surface area contributed by atoms with Gasteiger partial charge in [-0.25, -0.2) is 4.79 Å². The summed E-state index contributed by atoms with van der Waals surface area (Å²) in [7, 11) is -4.11. The number of benzene rings is 1. The Kier molecular flexibility index (Phi) is 5.78. The van der Waals surface area contributed by atoms with Crippen LogP contribution < -0.4 is 20.7 Å². The van der Waals surface area contributed by atoms with E-state index >= 15 is 0 Å². The van der Waals surface area contributed by atoms with Gasteiger partial charge in [0.05, 0.1) is 0 Å². The van der Waals surface area contributed by atoms with Gasteiger partial charge in [-0.1, -0.05) is 18.2 Å². The molecule has 12 heteroatoms. The predicted octanol–water partition coefficient (Wildman–Crippen LogP) is 0.388. The zero-order valence-electron chi connectivity index (χ0n) is 17.1. The molecule has 2 aliphatic heterocycles. The minimum Gasteiger partial charge on any atom is -0.598 e. The van der Waals surface area contributed by atoms with E-state index in [1.165, 1.54) is 13.1 Å². The van der Waals surface area contributed by atoms with Gasteiger partial charge in [0, 0.05) is 11.8 Å². The van der Waals surface area contributed by atoms with E-state index < -0.39 is 49.7 Å². The van der Waals surface area contributed by atoms with Crippen LogP contribution in [0.3, 0.4) is 0 Å². The van der Waals surface area contributed by atoms with Crippen molar-refractivity contribution in [2.24, 2.45) is 0 Å². The average Bonchev–Trinajstić information content (AvgIpc) is 3.02. The average molecular weight is 454 g/mol. The lowest BCUT2D eigenvalue weighted by Crippen LogP contribution is -2.51. The van der Waals surface area contributed by atoms with Gasteiger partial charge in [0.15, 0.2) is 23.9 Å². The van der Waals surface area contributed by atoms with Gasteiger partial charge in [0.1, 0.15) is 18.8 Å². The molecule has 2 fully saturated rings. The Morgan fingerprint density at radius 1 is 1.23 bits per heavy atom. The summed E-state index contributed by atoms with van der Waals surface area (Å²) < 4.78 is 29.1. The summed E-state index contributed by atoms with van der Waals surface area (Å²) in [5.74, 6) is -0.904. The lowest BCUT2D eigenvalue weighted by Gasteiger charge is -2.38.